The smallest absolute Gasteiger partial charge is 0.192 e. The van der Waals surface area contributed by atoms with Gasteiger partial charge in [-0.25, -0.2) is 0 Å². The Morgan fingerprint density at radius 2 is 1.55 bits per heavy atom. The summed E-state index contributed by atoms with van der Waals surface area (Å²) in [5.74, 6) is 0.728. The first-order valence-electron chi connectivity index (χ1n) is 15.4. The summed E-state index contributed by atoms with van der Waals surface area (Å²) >= 11 is 0. The molecule has 0 saturated heterocycles. The molecule has 1 aliphatic rings. The summed E-state index contributed by atoms with van der Waals surface area (Å²) in [4.78, 5) is 26.2. The van der Waals surface area contributed by atoms with Crippen LogP contribution < -0.4 is 4.74 Å². The van der Waals surface area contributed by atoms with Crippen molar-refractivity contribution >= 4 is 28.2 Å². The molecule has 42 heavy (non-hydrogen) atoms. The molecule has 0 N–H and O–H groups in total. The molecule has 6 nitrogen and oxygen atoms in total. The molecule has 0 spiro atoms. The van der Waals surface area contributed by atoms with Crippen LogP contribution in [-0.4, -0.2) is 54.6 Å². The van der Waals surface area contributed by atoms with Crippen LogP contribution in [0.3, 0.4) is 0 Å². The largest absolute Gasteiger partial charge is 0.497 e. The van der Waals surface area contributed by atoms with Crippen LogP contribution in [0.2, 0.25) is 36.3 Å². The average Bonchev–Trinajstić information content (AvgIpc) is 2.86. The molecule has 0 amide bonds. The van der Waals surface area contributed by atoms with Crippen molar-refractivity contribution in [1.29, 1.82) is 0 Å². The summed E-state index contributed by atoms with van der Waals surface area (Å²) in [6, 6.07) is 7.85. The van der Waals surface area contributed by atoms with E-state index in [2.05, 4.69) is 74.3 Å². The number of benzene rings is 1. The maximum absolute atomic E-state index is 13.3. The van der Waals surface area contributed by atoms with Crippen LogP contribution in [0.15, 0.2) is 36.4 Å². The van der Waals surface area contributed by atoms with Crippen molar-refractivity contribution in [2.45, 2.75) is 117 Å². The van der Waals surface area contributed by atoms with Gasteiger partial charge in [-0.05, 0) is 84.2 Å². The van der Waals surface area contributed by atoms with Gasteiger partial charge in [-0.1, -0.05) is 60.3 Å². The van der Waals surface area contributed by atoms with E-state index in [9.17, 15) is 9.59 Å². The van der Waals surface area contributed by atoms with Crippen molar-refractivity contribution in [2.24, 2.45) is 17.8 Å². The molecule has 1 saturated carbocycles. The second-order valence-electron chi connectivity index (χ2n) is 15.3. The van der Waals surface area contributed by atoms with Crippen LogP contribution in [-0.2, 0) is 29.8 Å². The Hall–Kier alpha value is -1.59. The van der Waals surface area contributed by atoms with E-state index in [0.29, 0.717) is 44.7 Å². The van der Waals surface area contributed by atoms with Crippen LogP contribution in [0.5, 0.6) is 5.75 Å². The molecule has 0 bridgehead atoms. The quantitative estimate of drug-likeness (QED) is 0.154. The van der Waals surface area contributed by atoms with Gasteiger partial charge >= 0.3 is 0 Å². The lowest BCUT2D eigenvalue weighted by Gasteiger charge is -2.47. The Morgan fingerprint density at radius 3 is 2.05 bits per heavy atom. The van der Waals surface area contributed by atoms with E-state index in [1.807, 2.05) is 24.3 Å². The highest BCUT2D eigenvalue weighted by Gasteiger charge is 2.47. The van der Waals surface area contributed by atoms with Crippen molar-refractivity contribution in [1.82, 2.24) is 0 Å². The van der Waals surface area contributed by atoms with Gasteiger partial charge in [0.05, 0.1) is 33.0 Å². The number of hydrogen-bond acceptors (Lipinski definition) is 6. The van der Waals surface area contributed by atoms with Gasteiger partial charge in [0.2, 0.25) is 0 Å². The molecule has 1 aliphatic carbocycles. The Balaban J connectivity index is 2.45. The number of allylic oxidation sites excluding steroid dienone is 1. The van der Waals surface area contributed by atoms with Gasteiger partial charge in [0.15, 0.2) is 22.4 Å². The number of ketones is 2. The van der Waals surface area contributed by atoms with Crippen molar-refractivity contribution in [3.63, 3.8) is 0 Å². The van der Waals surface area contributed by atoms with Gasteiger partial charge in [0, 0.05) is 19.3 Å². The second-order valence-corrected chi connectivity index (χ2v) is 24.9. The summed E-state index contributed by atoms with van der Waals surface area (Å²) in [6.07, 6.45) is 0.821. The minimum atomic E-state index is -2.22. The highest BCUT2D eigenvalue weighted by molar-refractivity contribution is 6.74. The standard InChI is InChI=1S/C34H58O6Si2/c1-24(2)31(36)19-26-18-27(35)20-29(30(26)22-38-21-25-14-16-28(37-9)17-15-25)32(40-42(12,13)34(6,7)8)23-39-41(10,11)33(3,4)5/h14-17,26,29-30,32H,1,18-23H2,2-13H3. The van der Waals surface area contributed by atoms with Crippen molar-refractivity contribution in [3.8, 4) is 5.75 Å². The topological polar surface area (TPSA) is 71.1 Å². The molecule has 238 valence electrons. The van der Waals surface area contributed by atoms with Crippen LogP contribution in [0.4, 0.5) is 0 Å². The first kappa shape index (κ1) is 36.6. The van der Waals surface area contributed by atoms with Gasteiger partial charge in [-0.3, -0.25) is 9.59 Å². The predicted molar refractivity (Wildman–Crippen MR) is 177 cm³/mol. The fraction of sp³-hybridized carbons (Fsp3) is 0.706. The van der Waals surface area contributed by atoms with Crippen LogP contribution in [0.25, 0.3) is 0 Å². The molecule has 0 radical (unpaired) electrons. The molecule has 4 unspecified atom stereocenters. The molecule has 4 atom stereocenters. The Kier molecular flexibility index (Phi) is 12.6. The Bertz CT molecular complexity index is 1060. The van der Waals surface area contributed by atoms with Gasteiger partial charge in [-0.2, -0.15) is 0 Å². The van der Waals surface area contributed by atoms with Gasteiger partial charge in [0.1, 0.15) is 11.5 Å². The third kappa shape index (κ3) is 9.98. The fourth-order valence-corrected chi connectivity index (χ4v) is 7.30. The third-order valence-corrected chi connectivity index (χ3v) is 18.9. The molecule has 8 heteroatoms. The van der Waals surface area contributed by atoms with Crippen LogP contribution in [0.1, 0.15) is 73.3 Å². The molecule has 1 aromatic carbocycles. The predicted octanol–water partition coefficient (Wildman–Crippen LogP) is 8.37. The van der Waals surface area contributed by atoms with Crippen molar-refractivity contribution in [2.75, 3.05) is 20.3 Å². The molecular formula is C34H58O6Si2. The molecule has 1 fully saturated rings. The lowest BCUT2D eigenvalue weighted by Crippen LogP contribution is -2.53. The zero-order chi connectivity index (χ0) is 32.1. The van der Waals surface area contributed by atoms with Crippen LogP contribution in [0, 0.1) is 17.8 Å². The van der Waals surface area contributed by atoms with E-state index in [4.69, 9.17) is 18.3 Å². The maximum atomic E-state index is 13.3. The molecular weight excluding hydrogens is 561 g/mol. The van der Waals surface area contributed by atoms with E-state index in [1.54, 1.807) is 14.0 Å². The number of methoxy groups -OCH3 is 1. The van der Waals surface area contributed by atoms with E-state index >= 15 is 0 Å². The second kappa shape index (κ2) is 14.5. The lowest BCUT2D eigenvalue weighted by atomic mass is 9.68. The molecule has 2 rings (SSSR count). The minimum absolute atomic E-state index is 0.00339. The third-order valence-electron chi connectivity index (χ3n) is 9.91. The Morgan fingerprint density at radius 1 is 0.976 bits per heavy atom. The minimum Gasteiger partial charge on any atom is -0.497 e. The SMILES string of the molecule is C=C(C)C(=O)CC1CC(=O)CC(C(CO[Si](C)(C)C(C)(C)C)O[Si](C)(C)C(C)(C)C)C1COCc1ccc(OC)cc1. The number of carbonyl (C=O) groups excluding carboxylic acids is 2. The fourth-order valence-electron chi connectivity index (χ4n) is 4.94. The first-order chi connectivity index (χ1) is 19.2. The summed E-state index contributed by atoms with van der Waals surface area (Å²) < 4.78 is 25.6. The highest BCUT2D eigenvalue weighted by Crippen LogP contribution is 2.44. The number of Topliss-reactive ketones (excluding diaryl/α,β-unsaturated/α-hetero) is 2. The summed E-state index contributed by atoms with van der Waals surface area (Å²) in [5.41, 5.74) is 1.57. The normalized spacial score (nSPS) is 21.2. The van der Waals surface area contributed by atoms with Crippen molar-refractivity contribution < 1.29 is 27.9 Å². The molecule has 0 aromatic heterocycles. The zero-order valence-corrected chi connectivity index (χ0v) is 30.5. The summed E-state index contributed by atoms with van der Waals surface area (Å²) in [7, 11) is -2.65. The van der Waals surface area contributed by atoms with Crippen molar-refractivity contribution in [3.05, 3.63) is 42.0 Å². The summed E-state index contributed by atoms with van der Waals surface area (Å²) in [6.45, 7) is 29.4. The van der Waals surface area contributed by atoms with E-state index < -0.39 is 16.6 Å². The molecule has 0 aliphatic heterocycles. The average molecular weight is 619 g/mol. The van der Waals surface area contributed by atoms with Crippen LogP contribution >= 0.6 is 0 Å². The van der Waals surface area contributed by atoms with Gasteiger partial charge in [0.25, 0.3) is 0 Å². The zero-order valence-electron chi connectivity index (χ0n) is 28.5. The summed E-state index contributed by atoms with van der Waals surface area (Å²) in [5, 5.41) is 0.0464. The lowest BCUT2D eigenvalue weighted by molar-refractivity contribution is -0.131. The number of carbonyl (C=O) groups is 2. The molecule has 0 heterocycles. The van der Waals surface area contributed by atoms with Gasteiger partial charge < -0.3 is 18.3 Å². The highest BCUT2D eigenvalue weighted by atomic mass is 28.4. The molecule has 1 aromatic rings. The maximum Gasteiger partial charge on any atom is 0.192 e. The van der Waals surface area contributed by atoms with Gasteiger partial charge in [-0.15, -0.1) is 0 Å². The monoisotopic (exact) mass is 618 g/mol. The first-order valence-corrected chi connectivity index (χ1v) is 21.2. The van der Waals surface area contributed by atoms with E-state index in [-0.39, 0.29) is 45.5 Å². The Labute approximate surface area is 258 Å². The number of rotatable bonds is 14. The number of hydrogen-bond donors (Lipinski definition) is 0. The van der Waals surface area contributed by atoms with E-state index in [0.717, 1.165) is 11.3 Å². The van der Waals surface area contributed by atoms with E-state index in [1.165, 1.54) is 0 Å². The number of ether oxygens (including phenoxy) is 2.